The number of aromatic amines is 1. The summed E-state index contributed by atoms with van der Waals surface area (Å²) in [5, 5.41) is 8.56. The van der Waals surface area contributed by atoms with Crippen molar-refractivity contribution in [3.63, 3.8) is 0 Å². The van der Waals surface area contributed by atoms with E-state index in [2.05, 4.69) is 14.7 Å². The quantitative estimate of drug-likeness (QED) is 0.722. The van der Waals surface area contributed by atoms with Gasteiger partial charge in [-0.2, -0.15) is 8.78 Å². The zero-order valence-electron chi connectivity index (χ0n) is 14.3. The summed E-state index contributed by atoms with van der Waals surface area (Å²) in [4.78, 5) is 18.3. The Balaban J connectivity index is 1.73. The fourth-order valence-electron chi connectivity index (χ4n) is 2.96. The molecule has 2 N–H and O–H groups in total. The minimum absolute atomic E-state index is 0.162. The molecule has 0 unspecified atom stereocenters. The number of imidazole rings is 1. The number of nitrogens with one attached hydrogen (secondary N) is 1. The van der Waals surface area contributed by atoms with Crippen LogP contribution in [0.1, 0.15) is 11.1 Å². The summed E-state index contributed by atoms with van der Waals surface area (Å²) in [6.45, 7) is 3.28. The van der Waals surface area contributed by atoms with Gasteiger partial charge in [-0.15, -0.1) is 0 Å². The fourth-order valence-corrected chi connectivity index (χ4v) is 2.96. The summed E-state index contributed by atoms with van der Waals surface area (Å²) in [5.41, 5.74) is 2.78. The lowest BCUT2D eigenvalue weighted by Crippen LogP contribution is -2.35. The van der Waals surface area contributed by atoms with Gasteiger partial charge in [0, 0.05) is 17.7 Å². The van der Waals surface area contributed by atoms with Gasteiger partial charge in [0.25, 0.3) is 0 Å². The number of aryl methyl sites for hydroxylation is 2. The number of alkyl halides is 2. The van der Waals surface area contributed by atoms with E-state index in [0.717, 1.165) is 5.52 Å². The van der Waals surface area contributed by atoms with E-state index >= 15 is 0 Å². The molecular weight excluding hydrogens is 362 g/mol. The van der Waals surface area contributed by atoms with E-state index < -0.39 is 12.1 Å². The van der Waals surface area contributed by atoms with Crippen LogP contribution in [0.3, 0.4) is 0 Å². The minimum Gasteiger partial charge on any atom is -0.474 e. The number of aliphatic carboxylic acids is 1. The van der Waals surface area contributed by atoms with Crippen molar-refractivity contribution in [1.29, 1.82) is 0 Å². The average molecular weight is 376 g/mol. The summed E-state index contributed by atoms with van der Waals surface area (Å²) in [5.74, 6) is -0.781. The molecule has 1 aromatic heterocycles. The number of ether oxygens (including phenoxy) is 3. The number of hydrogen-bond donors (Lipinski definition) is 2. The van der Waals surface area contributed by atoms with Crippen LogP contribution >= 0.6 is 0 Å². The maximum atomic E-state index is 13.4. The second-order valence-corrected chi connectivity index (χ2v) is 6.17. The number of rotatable bonds is 4. The standard InChI is InChI=1S/C18H14F2N2O5/c1-8-3-10(4-9(2)15(8)27-18(19,20)17(23)24)16-21-11-5-13-14(26-7-25-13)6-12(11)22-16/h3-6H,7H2,1-2H3,(H,21,22)(H,23,24). The van der Waals surface area contributed by atoms with Gasteiger partial charge in [0.2, 0.25) is 6.79 Å². The molecule has 9 heteroatoms. The normalized spacial score (nSPS) is 13.2. The molecule has 1 aliphatic rings. The largest absolute Gasteiger partial charge is 0.501 e. The number of H-pyrrole nitrogens is 1. The molecule has 140 valence electrons. The molecule has 2 heterocycles. The third kappa shape index (κ3) is 2.90. The maximum absolute atomic E-state index is 13.4. The van der Waals surface area contributed by atoms with Gasteiger partial charge in [0.15, 0.2) is 11.5 Å². The van der Waals surface area contributed by atoms with Crippen molar-refractivity contribution in [2.75, 3.05) is 6.79 Å². The van der Waals surface area contributed by atoms with Gasteiger partial charge in [-0.3, -0.25) is 0 Å². The lowest BCUT2D eigenvalue weighted by molar-refractivity contribution is -0.211. The summed E-state index contributed by atoms with van der Waals surface area (Å²) in [6, 6.07) is 6.72. The van der Waals surface area contributed by atoms with Crippen LogP contribution in [0.15, 0.2) is 24.3 Å². The Labute approximate surface area is 151 Å². The minimum atomic E-state index is -4.31. The first-order valence-corrected chi connectivity index (χ1v) is 7.96. The number of fused-ring (bicyclic) bond motifs is 2. The van der Waals surface area contributed by atoms with Gasteiger partial charge in [-0.25, -0.2) is 9.78 Å². The Kier molecular flexibility index (Phi) is 3.69. The molecule has 1 aliphatic heterocycles. The summed E-state index contributed by atoms with van der Waals surface area (Å²) < 4.78 is 41.9. The van der Waals surface area contributed by atoms with Crippen LogP contribution in [0, 0.1) is 13.8 Å². The van der Waals surface area contributed by atoms with Gasteiger partial charge >= 0.3 is 12.1 Å². The Morgan fingerprint density at radius 2 is 1.81 bits per heavy atom. The number of hydrogen-bond acceptors (Lipinski definition) is 5. The molecule has 0 aliphatic carbocycles. The number of carbonyl (C=O) groups is 1. The molecule has 0 saturated carbocycles. The number of halogens is 2. The molecule has 0 saturated heterocycles. The van der Waals surface area contributed by atoms with Gasteiger partial charge in [0.05, 0.1) is 11.0 Å². The fraction of sp³-hybridized carbons (Fsp3) is 0.222. The Hall–Kier alpha value is -3.36. The summed E-state index contributed by atoms with van der Waals surface area (Å²) >= 11 is 0. The van der Waals surface area contributed by atoms with Gasteiger partial charge in [0.1, 0.15) is 11.6 Å². The van der Waals surface area contributed by atoms with Gasteiger partial charge < -0.3 is 24.3 Å². The van der Waals surface area contributed by atoms with Crippen molar-refractivity contribution in [3.05, 3.63) is 35.4 Å². The van der Waals surface area contributed by atoms with Gasteiger partial charge in [-0.05, 0) is 37.1 Å². The van der Waals surface area contributed by atoms with Crippen LogP contribution in [0.4, 0.5) is 8.78 Å². The zero-order chi connectivity index (χ0) is 19.3. The van der Waals surface area contributed by atoms with Crippen molar-refractivity contribution in [2.24, 2.45) is 0 Å². The van der Waals surface area contributed by atoms with Crippen molar-refractivity contribution >= 4 is 17.0 Å². The van der Waals surface area contributed by atoms with E-state index in [0.29, 0.717) is 39.5 Å². The summed E-state index contributed by atoms with van der Waals surface area (Å²) in [6.07, 6.45) is -4.31. The molecule has 0 spiro atoms. The Bertz CT molecular complexity index is 1010. The van der Waals surface area contributed by atoms with Crippen LogP contribution in [0.25, 0.3) is 22.4 Å². The van der Waals surface area contributed by atoms with Crippen LogP contribution in [0.2, 0.25) is 0 Å². The lowest BCUT2D eigenvalue weighted by atomic mass is 10.1. The number of carboxylic acid groups (broad SMARTS) is 1. The van der Waals surface area contributed by atoms with E-state index in [4.69, 9.17) is 14.6 Å². The zero-order valence-corrected chi connectivity index (χ0v) is 14.3. The van der Waals surface area contributed by atoms with Crippen LogP contribution in [0.5, 0.6) is 17.2 Å². The molecule has 0 amide bonds. The molecule has 0 atom stereocenters. The highest BCUT2D eigenvalue weighted by molar-refractivity contribution is 5.83. The van der Waals surface area contributed by atoms with E-state index in [-0.39, 0.29) is 12.5 Å². The van der Waals surface area contributed by atoms with E-state index in [1.807, 2.05) is 0 Å². The molecule has 3 aromatic rings. The van der Waals surface area contributed by atoms with Crippen molar-refractivity contribution in [2.45, 2.75) is 20.0 Å². The molecule has 4 rings (SSSR count). The molecule has 2 aromatic carbocycles. The topological polar surface area (TPSA) is 93.7 Å². The number of carboxylic acids is 1. The maximum Gasteiger partial charge on any atom is 0.501 e. The Morgan fingerprint density at radius 3 is 2.44 bits per heavy atom. The van der Waals surface area contributed by atoms with Crippen LogP contribution < -0.4 is 14.2 Å². The second-order valence-electron chi connectivity index (χ2n) is 6.17. The monoisotopic (exact) mass is 376 g/mol. The molecule has 27 heavy (non-hydrogen) atoms. The second kappa shape index (κ2) is 5.83. The predicted octanol–water partition coefficient (Wildman–Crippen LogP) is 3.63. The SMILES string of the molecule is Cc1cc(-c2nc3cc4c(cc3[nH]2)OCO4)cc(C)c1OC(F)(F)C(=O)O. The molecule has 0 fully saturated rings. The van der Waals surface area contributed by atoms with E-state index in [9.17, 15) is 13.6 Å². The number of nitrogens with zero attached hydrogens (tertiary/aromatic N) is 1. The Morgan fingerprint density at radius 1 is 1.19 bits per heavy atom. The summed E-state index contributed by atoms with van der Waals surface area (Å²) in [7, 11) is 0. The highest BCUT2D eigenvalue weighted by atomic mass is 19.3. The highest BCUT2D eigenvalue weighted by Crippen LogP contribution is 2.37. The lowest BCUT2D eigenvalue weighted by Gasteiger charge is -2.17. The third-order valence-corrected chi connectivity index (χ3v) is 4.19. The first-order chi connectivity index (χ1) is 12.7. The van der Waals surface area contributed by atoms with E-state index in [1.165, 1.54) is 0 Å². The smallest absolute Gasteiger partial charge is 0.474 e. The third-order valence-electron chi connectivity index (χ3n) is 4.19. The number of aromatic nitrogens is 2. The van der Waals surface area contributed by atoms with Crippen molar-refractivity contribution < 1.29 is 32.9 Å². The number of benzene rings is 2. The molecular formula is C18H14F2N2O5. The first kappa shape index (κ1) is 17.1. The van der Waals surface area contributed by atoms with Crippen LogP contribution in [-0.2, 0) is 4.79 Å². The van der Waals surface area contributed by atoms with E-state index in [1.54, 1.807) is 38.1 Å². The van der Waals surface area contributed by atoms with Gasteiger partial charge in [-0.1, -0.05) is 0 Å². The van der Waals surface area contributed by atoms with Crippen LogP contribution in [-0.4, -0.2) is 33.9 Å². The molecule has 0 bridgehead atoms. The average Bonchev–Trinajstić information content (AvgIpc) is 3.21. The predicted molar refractivity (Wildman–Crippen MR) is 90.3 cm³/mol. The molecule has 0 radical (unpaired) electrons. The van der Waals surface area contributed by atoms with Crippen molar-refractivity contribution in [3.8, 4) is 28.6 Å². The van der Waals surface area contributed by atoms with Crippen molar-refractivity contribution in [1.82, 2.24) is 9.97 Å². The highest BCUT2D eigenvalue weighted by Gasteiger charge is 2.43. The first-order valence-electron chi connectivity index (χ1n) is 7.96. The molecule has 7 nitrogen and oxygen atoms in total.